The van der Waals surface area contributed by atoms with Crippen molar-refractivity contribution in [3.05, 3.63) is 11.6 Å². The average molecular weight is 234 g/mol. The van der Waals surface area contributed by atoms with Gasteiger partial charge in [-0.25, -0.2) is 0 Å². The molecule has 0 heteroatoms. The third kappa shape index (κ3) is 3.60. The van der Waals surface area contributed by atoms with E-state index in [0.717, 1.165) is 17.8 Å². The van der Waals surface area contributed by atoms with Crippen LogP contribution in [0, 0.1) is 17.8 Å². The number of hydrogen-bond acceptors (Lipinski definition) is 0. The van der Waals surface area contributed by atoms with E-state index < -0.39 is 0 Å². The van der Waals surface area contributed by atoms with Gasteiger partial charge in [0, 0.05) is 0 Å². The first-order valence-electron chi connectivity index (χ1n) is 8.00. The minimum Gasteiger partial charge on any atom is -0.0851 e. The first-order valence-corrected chi connectivity index (χ1v) is 8.00. The zero-order chi connectivity index (χ0) is 12.1. The fourth-order valence-corrected chi connectivity index (χ4v) is 3.96. The molecule has 0 spiro atoms. The first kappa shape index (κ1) is 13.2. The lowest BCUT2D eigenvalue weighted by Crippen LogP contribution is -2.22. The molecule has 98 valence electrons. The van der Waals surface area contributed by atoms with Crippen molar-refractivity contribution < 1.29 is 0 Å². The van der Waals surface area contributed by atoms with Crippen LogP contribution in [0.2, 0.25) is 0 Å². The fourth-order valence-electron chi connectivity index (χ4n) is 3.96. The highest BCUT2D eigenvalue weighted by molar-refractivity contribution is 5.10. The van der Waals surface area contributed by atoms with E-state index in [2.05, 4.69) is 19.9 Å². The van der Waals surface area contributed by atoms with Gasteiger partial charge in [0.15, 0.2) is 0 Å². The second-order valence-corrected chi connectivity index (χ2v) is 6.38. The van der Waals surface area contributed by atoms with Crippen molar-refractivity contribution in [3.8, 4) is 0 Å². The van der Waals surface area contributed by atoms with Gasteiger partial charge in [-0.1, -0.05) is 51.2 Å². The summed E-state index contributed by atoms with van der Waals surface area (Å²) in [6.07, 6.45) is 17.1. The molecule has 0 aromatic rings. The zero-order valence-electron chi connectivity index (χ0n) is 11.9. The van der Waals surface area contributed by atoms with E-state index in [1.54, 1.807) is 5.57 Å². The van der Waals surface area contributed by atoms with Gasteiger partial charge >= 0.3 is 0 Å². The molecule has 0 saturated heterocycles. The summed E-state index contributed by atoms with van der Waals surface area (Å²) in [7, 11) is 0. The van der Waals surface area contributed by atoms with Crippen molar-refractivity contribution in [1.82, 2.24) is 0 Å². The van der Waals surface area contributed by atoms with Crippen LogP contribution >= 0.6 is 0 Å². The van der Waals surface area contributed by atoms with E-state index in [1.807, 2.05) is 0 Å². The van der Waals surface area contributed by atoms with Crippen LogP contribution in [0.4, 0.5) is 0 Å². The minimum atomic E-state index is 0.887. The molecule has 2 aliphatic carbocycles. The maximum absolute atomic E-state index is 2.56. The van der Waals surface area contributed by atoms with Crippen molar-refractivity contribution in [2.75, 3.05) is 0 Å². The normalized spacial score (nSPS) is 32.0. The van der Waals surface area contributed by atoms with Gasteiger partial charge in [-0.3, -0.25) is 0 Å². The van der Waals surface area contributed by atoms with E-state index in [1.165, 1.54) is 64.2 Å². The maximum Gasteiger partial charge on any atom is -0.0203 e. The van der Waals surface area contributed by atoms with E-state index in [9.17, 15) is 0 Å². The summed E-state index contributed by atoms with van der Waals surface area (Å²) in [4.78, 5) is 0. The monoisotopic (exact) mass is 234 g/mol. The van der Waals surface area contributed by atoms with Crippen LogP contribution in [0.3, 0.4) is 0 Å². The molecule has 0 nitrogen and oxygen atoms in total. The Morgan fingerprint density at radius 2 is 1.94 bits per heavy atom. The second-order valence-electron chi connectivity index (χ2n) is 6.38. The summed E-state index contributed by atoms with van der Waals surface area (Å²) >= 11 is 0. The summed E-state index contributed by atoms with van der Waals surface area (Å²) in [6.45, 7) is 4.84. The van der Waals surface area contributed by atoms with Crippen molar-refractivity contribution >= 4 is 0 Å². The predicted octanol–water partition coefficient (Wildman–Crippen LogP) is 5.73. The molecule has 1 fully saturated rings. The van der Waals surface area contributed by atoms with Gasteiger partial charge in [-0.05, 0) is 56.3 Å². The maximum atomic E-state index is 2.56. The minimum absolute atomic E-state index is 0.887. The summed E-state index contributed by atoms with van der Waals surface area (Å²) in [5.74, 6) is 2.95. The lowest BCUT2D eigenvalue weighted by Gasteiger charge is -2.34. The lowest BCUT2D eigenvalue weighted by molar-refractivity contribution is 0.220. The quantitative estimate of drug-likeness (QED) is 0.545. The molecule has 0 aliphatic heterocycles. The Labute approximate surface area is 108 Å². The van der Waals surface area contributed by atoms with Crippen LogP contribution in [0.1, 0.15) is 78.1 Å². The number of rotatable bonds is 4. The Morgan fingerprint density at radius 1 is 1.18 bits per heavy atom. The van der Waals surface area contributed by atoms with Gasteiger partial charge in [-0.2, -0.15) is 0 Å². The molecule has 0 amide bonds. The first-order chi connectivity index (χ1) is 8.31. The van der Waals surface area contributed by atoms with E-state index in [4.69, 9.17) is 0 Å². The van der Waals surface area contributed by atoms with Crippen molar-refractivity contribution in [1.29, 1.82) is 0 Å². The highest BCUT2D eigenvalue weighted by Crippen LogP contribution is 2.39. The highest BCUT2D eigenvalue weighted by atomic mass is 14.3. The van der Waals surface area contributed by atoms with E-state index in [0.29, 0.717) is 0 Å². The van der Waals surface area contributed by atoms with Crippen LogP contribution in [0.25, 0.3) is 0 Å². The summed E-state index contributed by atoms with van der Waals surface area (Å²) < 4.78 is 0. The van der Waals surface area contributed by atoms with Crippen LogP contribution in [0.15, 0.2) is 11.6 Å². The zero-order valence-corrected chi connectivity index (χ0v) is 11.9. The van der Waals surface area contributed by atoms with Crippen molar-refractivity contribution in [2.45, 2.75) is 78.1 Å². The SMILES string of the molecule is CCC[C@H]1CC[C@H](C(C)C2=CCCCC2)CC1. The Bertz CT molecular complexity index is 243. The molecule has 0 bridgehead atoms. The summed E-state index contributed by atoms with van der Waals surface area (Å²) in [5, 5.41) is 0. The molecule has 1 unspecified atom stereocenters. The second kappa shape index (κ2) is 6.61. The Balaban J connectivity index is 1.81. The number of allylic oxidation sites excluding steroid dienone is 2. The van der Waals surface area contributed by atoms with Gasteiger partial charge < -0.3 is 0 Å². The Kier molecular flexibility index (Phi) is 5.13. The Morgan fingerprint density at radius 3 is 2.53 bits per heavy atom. The largest absolute Gasteiger partial charge is 0.0851 e. The van der Waals surface area contributed by atoms with Crippen LogP contribution in [-0.2, 0) is 0 Å². The predicted molar refractivity (Wildman–Crippen MR) is 76.1 cm³/mol. The summed E-state index contributed by atoms with van der Waals surface area (Å²) in [5.41, 5.74) is 1.80. The van der Waals surface area contributed by atoms with Crippen molar-refractivity contribution in [2.24, 2.45) is 17.8 Å². The smallest absolute Gasteiger partial charge is 0.0203 e. The molecule has 0 aromatic heterocycles. The molecular weight excluding hydrogens is 204 g/mol. The molecule has 1 saturated carbocycles. The third-order valence-corrected chi connectivity index (χ3v) is 5.21. The van der Waals surface area contributed by atoms with Gasteiger partial charge in [0.1, 0.15) is 0 Å². The Hall–Kier alpha value is -0.260. The van der Waals surface area contributed by atoms with Crippen LogP contribution in [0.5, 0.6) is 0 Å². The lowest BCUT2D eigenvalue weighted by atomic mass is 9.72. The average Bonchev–Trinajstić information content (AvgIpc) is 2.40. The van der Waals surface area contributed by atoms with Gasteiger partial charge in [0.25, 0.3) is 0 Å². The van der Waals surface area contributed by atoms with Crippen molar-refractivity contribution in [3.63, 3.8) is 0 Å². The topological polar surface area (TPSA) is 0 Å². The van der Waals surface area contributed by atoms with Crippen LogP contribution < -0.4 is 0 Å². The fraction of sp³-hybridized carbons (Fsp3) is 0.882. The standard InChI is InChI=1S/C17H30/c1-3-7-15-10-12-17(13-11-15)14(2)16-8-5-4-6-9-16/h8,14-15,17H,3-7,9-13H2,1-2H3/t14?,15-,17-. The molecule has 2 aliphatic rings. The van der Waals surface area contributed by atoms with Gasteiger partial charge in [0.05, 0.1) is 0 Å². The third-order valence-electron chi connectivity index (χ3n) is 5.21. The van der Waals surface area contributed by atoms with E-state index in [-0.39, 0.29) is 0 Å². The molecule has 2 rings (SSSR count). The summed E-state index contributed by atoms with van der Waals surface area (Å²) in [6, 6.07) is 0. The molecular formula is C17H30. The van der Waals surface area contributed by atoms with Gasteiger partial charge in [0.2, 0.25) is 0 Å². The highest BCUT2D eigenvalue weighted by Gasteiger charge is 2.26. The number of hydrogen-bond donors (Lipinski definition) is 0. The molecule has 0 aromatic carbocycles. The molecule has 17 heavy (non-hydrogen) atoms. The van der Waals surface area contributed by atoms with Crippen LogP contribution in [-0.4, -0.2) is 0 Å². The van der Waals surface area contributed by atoms with Gasteiger partial charge in [-0.15, -0.1) is 0 Å². The molecule has 0 N–H and O–H groups in total. The van der Waals surface area contributed by atoms with E-state index >= 15 is 0 Å². The molecule has 1 atom stereocenters. The molecule has 0 heterocycles. The molecule has 0 radical (unpaired) electrons.